The molecule has 65 heavy (non-hydrogen) atoms. The monoisotopic (exact) mass is 836 g/mol. The van der Waals surface area contributed by atoms with Gasteiger partial charge in [-0.15, -0.1) is 0 Å². The summed E-state index contributed by atoms with van der Waals surface area (Å²) in [5.74, 6) is 2.84. The smallest absolute Gasteiger partial charge is 0.0540 e. The van der Waals surface area contributed by atoms with Gasteiger partial charge in [0.05, 0.1) is 5.69 Å². The summed E-state index contributed by atoms with van der Waals surface area (Å²) in [6.45, 7) is 0. The fourth-order valence-electron chi connectivity index (χ4n) is 12.0. The summed E-state index contributed by atoms with van der Waals surface area (Å²) < 4.78 is 0. The first kappa shape index (κ1) is 39.2. The number of rotatable bonds is 11. The van der Waals surface area contributed by atoms with Crippen molar-refractivity contribution >= 4 is 34.1 Å². The Balaban J connectivity index is 0.871. The summed E-state index contributed by atoms with van der Waals surface area (Å²) in [7, 11) is 0. The Morgan fingerprint density at radius 2 is 0.631 bits per heavy atom. The summed E-state index contributed by atoms with van der Waals surface area (Å²) in [4.78, 5) is 4.81. The number of benzene rings is 9. The topological polar surface area (TPSA) is 6.48 Å². The Morgan fingerprint density at radius 1 is 0.292 bits per heavy atom. The SMILES string of the molecule is c1ccc(-c2ccc(N(c3ccc(-c4ccccc4)cc3)c3ccc(-c4ccc(N(c5ccc(C67CC8CC(C6)C(C8)C7)cc5)c5ccccc5-c5ccccc5)cc4)cc3)cc2)cc1. The quantitative estimate of drug-likeness (QED) is 0.128. The predicted molar refractivity (Wildman–Crippen MR) is 273 cm³/mol. The summed E-state index contributed by atoms with van der Waals surface area (Å²) in [5.41, 5.74) is 18.4. The molecular weight excluding hydrogens is 785 g/mol. The van der Waals surface area contributed by atoms with E-state index in [4.69, 9.17) is 0 Å². The maximum Gasteiger partial charge on any atom is 0.0540 e. The van der Waals surface area contributed by atoms with E-state index in [0.717, 1.165) is 40.5 Å². The van der Waals surface area contributed by atoms with Gasteiger partial charge in [-0.05, 0) is 167 Å². The highest BCUT2D eigenvalue weighted by Gasteiger charge is 2.56. The lowest BCUT2D eigenvalue weighted by Gasteiger charge is -2.39. The molecule has 9 aromatic rings. The van der Waals surface area contributed by atoms with Crippen LogP contribution in [0.5, 0.6) is 0 Å². The third-order valence-electron chi connectivity index (χ3n) is 14.9. The number of hydrogen-bond donors (Lipinski definition) is 0. The molecule has 0 saturated heterocycles. The summed E-state index contributed by atoms with van der Waals surface area (Å²) >= 11 is 0. The maximum absolute atomic E-state index is 2.47. The van der Waals surface area contributed by atoms with Gasteiger partial charge in [0.15, 0.2) is 0 Å². The normalized spacial score (nSPS) is 19.3. The predicted octanol–water partition coefficient (Wildman–Crippen LogP) is 17.4. The molecule has 314 valence electrons. The molecule has 9 aromatic carbocycles. The van der Waals surface area contributed by atoms with Gasteiger partial charge in [-0.25, -0.2) is 0 Å². The molecule has 0 radical (unpaired) electrons. The number of anilines is 6. The van der Waals surface area contributed by atoms with E-state index in [1.807, 2.05) is 0 Å². The molecule has 2 nitrogen and oxygen atoms in total. The van der Waals surface area contributed by atoms with Gasteiger partial charge in [0, 0.05) is 34.0 Å². The second kappa shape index (κ2) is 16.6. The van der Waals surface area contributed by atoms with Crippen molar-refractivity contribution in [3.05, 3.63) is 242 Å². The molecule has 4 saturated carbocycles. The average Bonchev–Trinajstić information content (AvgIpc) is 3.81. The fourth-order valence-corrected chi connectivity index (χ4v) is 12.0. The molecule has 0 aromatic heterocycles. The van der Waals surface area contributed by atoms with Crippen LogP contribution in [0.3, 0.4) is 0 Å². The Labute approximate surface area is 384 Å². The second-order valence-corrected chi connectivity index (χ2v) is 18.8. The van der Waals surface area contributed by atoms with Crippen LogP contribution in [0.2, 0.25) is 0 Å². The highest BCUT2D eigenvalue weighted by Crippen LogP contribution is 2.65. The molecule has 4 bridgehead atoms. The standard InChI is InChI=1S/C63H52N2/c1-4-12-46(13-5-1)48-20-30-56(31-21-48)64(57-32-22-49(23-33-57)47-14-6-2-7-15-47)58-34-24-50(25-35-58)51-26-36-59(37-27-51)65(62-19-11-10-18-61(62)52-16-8-3-9-17-52)60-38-28-55(29-39-60)63-42-45-40-53(43-63)54(41-45)44-63/h1-39,45,53-54H,40-44H2. The van der Waals surface area contributed by atoms with Crippen LogP contribution in [-0.4, -0.2) is 0 Å². The molecule has 2 atom stereocenters. The molecule has 4 aliphatic carbocycles. The fraction of sp³-hybridized carbons (Fsp3) is 0.143. The molecule has 0 heterocycles. The van der Waals surface area contributed by atoms with Crippen molar-refractivity contribution in [2.75, 3.05) is 9.80 Å². The van der Waals surface area contributed by atoms with E-state index in [0.29, 0.717) is 5.41 Å². The van der Waals surface area contributed by atoms with Gasteiger partial charge >= 0.3 is 0 Å². The molecule has 13 rings (SSSR count). The lowest BCUT2D eigenvalue weighted by molar-refractivity contribution is 0.229. The van der Waals surface area contributed by atoms with E-state index >= 15 is 0 Å². The van der Waals surface area contributed by atoms with Crippen molar-refractivity contribution in [2.45, 2.75) is 37.5 Å². The minimum Gasteiger partial charge on any atom is -0.311 e. The molecule has 4 aliphatic rings. The zero-order valence-electron chi connectivity index (χ0n) is 36.7. The van der Waals surface area contributed by atoms with Crippen LogP contribution >= 0.6 is 0 Å². The molecular formula is C63H52N2. The van der Waals surface area contributed by atoms with Crippen LogP contribution in [0, 0.1) is 17.8 Å². The first-order valence-electron chi connectivity index (χ1n) is 23.5. The van der Waals surface area contributed by atoms with Crippen molar-refractivity contribution in [1.29, 1.82) is 0 Å². The van der Waals surface area contributed by atoms with E-state index in [9.17, 15) is 0 Å². The number of hydrogen-bond acceptors (Lipinski definition) is 2. The highest BCUT2D eigenvalue weighted by molar-refractivity contribution is 5.89. The first-order chi connectivity index (χ1) is 32.1. The van der Waals surface area contributed by atoms with Crippen LogP contribution in [0.4, 0.5) is 34.1 Å². The molecule has 0 aliphatic heterocycles. The average molecular weight is 837 g/mol. The van der Waals surface area contributed by atoms with Gasteiger partial charge < -0.3 is 9.80 Å². The van der Waals surface area contributed by atoms with Crippen molar-refractivity contribution in [3.63, 3.8) is 0 Å². The molecule has 2 heteroatoms. The maximum atomic E-state index is 2.47. The Hall–Kier alpha value is -7.42. The molecule has 0 amide bonds. The zero-order chi connectivity index (χ0) is 43.2. The minimum absolute atomic E-state index is 0.385. The van der Waals surface area contributed by atoms with Gasteiger partial charge in [0.1, 0.15) is 0 Å². The van der Waals surface area contributed by atoms with Crippen LogP contribution in [0.25, 0.3) is 44.5 Å². The van der Waals surface area contributed by atoms with Crippen molar-refractivity contribution in [1.82, 2.24) is 0 Å². The number of para-hydroxylation sites is 1. The second-order valence-electron chi connectivity index (χ2n) is 18.8. The molecule has 0 N–H and O–H groups in total. The molecule has 2 unspecified atom stereocenters. The van der Waals surface area contributed by atoms with Crippen molar-refractivity contribution in [3.8, 4) is 44.5 Å². The molecule has 4 fully saturated rings. The first-order valence-corrected chi connectivity index (χ1v) is 23.5. The van der Waals surface area contributed by atoms with Gasteiger partial charge in [0.2, 0.25) is 0 Å². The third-order valence-corrected chi connectivity index (χ3v) is 14.9. The number of nitrogens with zero attached hydrogens (tertiary/aromatic N) is 2. The van der Waals surface area contributed by atoms with Crippen LogP contribution in [0.1, 0.15) is 37.7 Å². The Kier molecular flexibility index (Phi) is 10.0. The van der Waals surface area contributed by atoms with Crippen LogP contribution < -0.4 is 9.80 Å². The van der Waals surface area contributed by atoms with E-state index in [2.05, 4.69) is 246 Å². The minimum atomic E-state index is 0.385. The Morgan fingerprint density at radius 3 is 1.05 bits per heavy atom. The van der Waals surface area contributed by atoms with Gasteiger partial charge in [0.25, 0.3) is 0 Å². The van der Waals surface area contributed by atoms with Gasteiger partial charge in [-0.1, -0.05) is 170 Å². The van der Waals surface area contributed by atoms with Crippen molar-refractivity contribution in [2.24, 2.45) is 17.8 Å². The van der Waals surface area contributed by atoms with Crippen LogP contribution in [0.15, 0.2) is 237 Å². The summed E-state index contributed by atoms with van der Waals surface area (Å²) in [5, 5.41) is 0. The van der Waals surface area contributed by atoms with Crippen molar-refractivity contribution < 1.29 is 0 Å². The van der Waals surface area contributed by atoms with Crippen LogP contribution in [-0.2, 0) is 5.41 Å². The van der Waals surface area contributed by atoms with E-state index in [-0.39, 0.29) is 0 Å². The van der Waals surface area contributed by atoms with E-state index < -0.39 is 0 Å². The Bertz CT molecular complexity index is 2930. The molecule has 0 spiro atoms. The lowest BCUT2D eigenvalue weighted by atomic mass is 9.66. The third kappa shape index (κ3) is 7.43. The summed E-state index contributed by atoms with van der Waals surface area (Å²) in [6, 6.07) is 86.6. The van der Waals surface area contributed by atoms with E-state index in [1.165, 1.54) is 88.0 Å². The van der Waals surface area contributed by atoms with Gasteiger partial charge in [-0.2, -0.15) is 0 Å². The van der Waals surface area contributed by atoms with Gasteiger partial charge in [-0.3, -0.25) is 0 Å². The largest absolute Gasteiger partial charge is 0.311 e. The van der Waals surface area contributed by atoms with E-state index in [1.54, 1.807) is 5.56 Å². The zero-order valence-corrected chi connectivity index (χ0v) is 36.7. The summed E-state index contributed by atoms with van der Waals surface area (Å²) in [6.07, 6.45) is 7.10. The highest BCUT2D eigenvalue weighted by atomic mass is 15.1. The lowest BCUT2D eigenvalue weighted by Crippen LogP contribution is -2.31.